The van der Waals surface area contributed by atoms with Gasteiger partial charge in [-0.2, -0.15) is 0 Å². The molecule has 1 amide bonds. The van der Waals surface area contributed by atoms with E-state index in [1.807, 2.05) is 26.0 Å². The maximum Gasteiger partial charge on any atom is 0.231 e. The van der Waals surface area contributed by atoms with Crippen molar-refractivity contribution in [1.82, 2.24) is 15.3 Å². The lowest BCUT2D eigenvalue weighted by Crippen LogP contribution is -2.40. The van der Waals surface area contributed by atoms with Gasteiger partial charge in [0, 0.05) is 31.1 Å². The summed E-state index contributed by atoms with van der Waals surface area (Å²) in [6, 6.07) is 8.25. The minimum absolute atomic E-state index is 0.0468. The predicted molar refractivity (Wildman–Crippen MR) is 109 cm³/mol. The number of piperidine rings is 1. The summed E-state index contributed by atoms with van der Waals surface area (Å²) in [6.45, 7) is 8.25. The zero-order valence-electron chi connectivity index (χ0n) is 16.7. The van der Waals surface area contributed by atoms with E-state index in [9.17, 15) is 4.79 Å². The summed E-state index contributed by atoms with van der Waals surface area (Å²) in [4.78, 5) is 23.6. The van der Waals surface area contributed by atoms with Crippen LogP contribution in [-0.2, 0) is 11.3 Å². The Morgan fingerprint density at radius 3 is 2.75 bits per heavy atom. The number of furan rings is 1. The van der Waals surface area contributed by atoms with Gasteiger partial charge in [-0.1, -0.05) is 29.8 Å². The van der Waals surface area contributed by atoms with Gasteiger partial charge in [-0.3, -0.25) is 4.79 Å². The number of hydrogen-bond donors (Lipinski definition) is 1. The van der Waals surface area contributed by atoms with Gasteiger partial charge in [-0.15, -0.1) is 0 Å². The number of rotatable bonds is 4. The molecular weight excluding hydrogens is 352 g/mol. The van der Waals surface area contributed by atoms with E-state index in [2.05, 4.69) is 39.2 Å². The molecule has 1 aliphatic rings. The molecule has 28 heavy (non-hydrogen) atoms. The summed E-state index contributed by atoms with van der Waals surface area (Å²) < 4.78 is 5.73. The van der Waals surface area contributed by atoms with E-state index in [-0.39, 0.29) is 11.8 Å². The fourth-order valence-corrected chi connectivity index (χ4v) is 3.91. The van der Waals surface area contributed by atoms with Crippen LogP contribution in [0.3, 0.4) is 0 Å². The first-order valence-corrected chi connectivity index (χ1v) is 9.82. The molecule has 3 heterocycles. The SMILES string of the molecule is Cc1cccc(CNC(=O)C2CCN(c3ncnc4oc(C)c(C)c34)CC2)c1. The third-order valence-electron chi connectivity index (χ3n) is 5.66. The Morgan fingerprint density at radius 2 is 2.00 bits per heavy atom. The molecule has 6 heteroatoms. The lowest BCUT2D eigenvalue weighted by atomic mass is 9.95. The monoisotopic (exact) mass is 378 g/mol. The largest absolute Gasteiger partial charge is 0.443 e. The van der Waals surface area contributed by atoms with E-state index < -0.39 is 0 Å². The normalized spacial score (nSPS) is 15.2. The van der Waals surface area contributed by atoms with Crippen molar-refractivity contribution in [3.63, 3.8) is 0 Å². The molecule has 4 rings (SSSR count). The minimum Gasteiger partial charge on any atom is -0.443 e. The molecule has 2 aromatic heterocycles. The first kappa shape index (κ1) is 18.5. The van der Waals surface area contributed by atoms with E-state index in [1.54, 1.807) is 6.33 Å². The van der Waals surface area contributed by atoms with Crippen molar-refractivity contribution in [1.29, 1.82) is 0 Å². The second-order valence-corrected chi connectivity index (χ2v) is 7.63. The average Bonchev–Trinajstić information content (AvgIpc) is 3.00. The molecule has 0 spiro atoms. The van der Waals surface area contributed by atoms with Crippen molar-refractivity contribution in [3.8, 4) is 0 Å². The molecule has 1 fully saturated rings. The molecule has 6 nitrogen and oxygen atoms in total. The van der Waals surface area contributed by atoms with Crippen LogP contribution < -0.4 is 10.2 Å². The number of nitrogens with zero attached hydrogens (tertiary/aromatic N) is 3. The van der Waals surface area contributed by atoms with Crippen LogP contribution in [0.2, 0.25) is 0 Å². The molecule has 146 valence electrons. The number of carbonyl (C=O) groups excluding carboxylic acids is 1. The summed E-state index contributed by atoms with van der Waals surface area (Å²) >= 11 is 0. The quantitative estimate of drug-likeness (QED) is 0.750. The van der Waals surface area contributed by atoms with E-state index in [4.69, 9.17) is 4.42 Å². The predicted octanol–water partition coefficient (Wildman–Crippen LogP) is 3.68. The highest BCUT2D eigenvalue weighted by Gasteiger charge is 2.27. The molecule has 0 aliphatic carbocycles. The van der Waals surface area contributed by atoms with Gasteiger partial charge in [0.15, 0.2) is 0 Å². The number of hydrogen-bond acceptors (Lipinski definition) is 5. The maximum atomic E-state index is 12.6. The van der Waals surface area contributed by atoms with E-state index >= 15 is 0 Å². The molecule has 0 bridgehead atoms. The molecular formula is C22H26N4O2. The van der Waals surface area contributed by atoms with Gasteiger partial charge in [-0.05, 0) is 39.2 Å². The molecule has 0 atom stereocenters. The van der Waals surface area contributed by atoms with Crippen molar-refractivity contribution in [2.45, 2.75) is 40.2 Å². The number of anilines is 1. The van der Waals surface area contributed by atoms with Crippen LogP contribution in [0.4, 0.5) is 5.82 Å². The Hall–Kier alpha value is -2.89. The molecule has 3 aromatic rings. The van der Waals surface area contributed by atoms with E-state index in [0.29, 0.717) is 12.3 Å². The molecule has 0 saturated carbocycles. The van der Waals surface area contributed by atoms with Gasteiger partial charge >= 0.3 is 0 Å². The molecule has 1 aromatic carbocycles. The Labute approximate surface area is 165 Å². The average molecular weight is 378 g/mol. The highest BCUT2D eigenvalue weighted by Crippen LogP contribution is 2.32. The van der Waals surface area contributed by atoms with Gasteiger partial charge in [0.2, 0.25) is 11.6 Å². The fourth-order valence-electron chi connectivity index (χ4n) is 3.91. The van der Waals surface area contributed by atoms with Crippen LogP contribution in [0.5, 0.6) is 0 Å². The lowest BCUT2D eigenvalue weighted by Gasteiger charge is -2.32. The van der Waals surface area contributed by atoms with Crippen LogP contribution in [0.15, 0.2) is 35.0 Å². The topological polar surface area (TPSA) is 71.3 Å². The lowest BCUT2D eigenvalue weighted by molar-refractivity contribution is -0.125. The molecule has 1 saturated heterocycles. The van der Waals surface area contributed by atoms with E-state index in [1.165, 1.54) is 5.56 Å². The third-order valence-corrected chi connectivity index (χ3v) is 5.66. The second-order valence-electron chi connectivity index (χ2n) is 7.63. The third kappa shape index (κ3) is 3.59. The summed E-state index contributed by atoms with van der Waals surface area (Å²) in [5, 5.41) is 4.08. The summed E-state index contributed by atoms with van der Waals surface area (Å²) in [6.07, 6.45) is 3.20. The zero-order chi connectivity index (χ0) is 19.7. The highest BCUT2D eigenvalue weighted by atomic mass is 16.3. The molecule has 0 radical (unpaired) electrons. The van der Waals surface area contributed by atoms with Crippen molar-refractivity contribution >= 4 is 22.8 Å². The minimum atomic E-state index is 0.0468. The zero-order valence-corrected chi connectivity index (χ0v) is 16.7. The van der Waals surface area contributed by atoms with Gasteiger partial charge < -0.3 is 14.6 Å². The number of aryl methyl sites for hydroxylation is 3. The van der Waals surface area contributed by atoms with Crippen LogP contribution in [0.1, 0.15) is 35.3 Å². The first-order valence-electron chi connectivity index (χ1n) is 9.82. The number of nitrogens with one attached hydrogen (secondary N) is 1. The maximum absolute atomic E-state index is 12.6. The van der Waals surface area contributed by atoms with Crippen molar-refractivity contribution in [2.24, 2.45) is 5.92 Å². The van der Waals surface area contributed by atoms with Gasteiger partial charge in [-0.25, -0.2) is 9.97 Å². The molecule has 0 unspecified atom stereocenters. The number of carbonyl (C=O) groups is 1. The number of aromatic nitrogens is 2. The standard InChI is InChI=1S/C22H26N4O2/c1-14-5-4-6-17(11-14)12-23-21(27)18-7-9-26(10-8-18)20-19-15(2)16(3)28-22(19)25-13-24-20/h4-6,11,13,18H,7-10,12H2,1-3H3,(H,23,27). The van der Waals surface area contributed by atoms with Crippen molar-refractivity contribution in [3.05, 3.63) is 53.0 Å². The first-order chi connectivity index (χ1) is 13.5. The Bertz CT molecular complexity index is 1000. The van der Waals surface area contributed by atoms with Crippen molar-refractivity contribution < 1.29 is 9.21 Å². The van der Waals surface area contributed by atoms with Crippen LogP contribution in [0, 0.1) is 26.7 Å². The fraction of sp³-hybridized carbons (Fsp3) is 0.409. The van der Waals surface area contributed by atoms with E-state index in [0.717, 1.165) is 54.0 Å². The number of fused-ring (bicyclic) bond motifs is 1. The summed E-state index contributed by atoms with van der Waals surface area (Å²) in [5.41, 5.74) is 4.07. The second kappa shape index (κ2) is 7.62. The number of benzene rings is 1. The Kier molecular flexibility index (Phi) is 5.03. The van der Waals surface area contributed by atoms with Gasteiger partial charge in [0.25, 0.3) is 0 Å². The Morgan fingerprint density at radius 1 is 1.21 bits per heavy atom. The molecule has 1 N–H and O–H groups in total. The number of amides is 1. The van der Waals surface area contributed by atoms with Crippen LogP contribution in [-0.4, -0.2) is 29.0 Å². The van der Waals surface area contributed by atoms with Gasteiger partial charge in [0.05, 0.1) is 5.39 Å². The van der Waals surface area contributed by atoms with Crippen LogP contribution in [0.25, 0.3) is 11.1 Å². The Balaban J connectivity index is 1.39. The summed E-state index contributed by atoms with van der Waals surface area (Å²) in [7, 11) is 0. The smallest absolute Gasteiger partial charge is 0.231 e. The molecule has 1 aliphatic heterocycles. The highest BCUT2D eigenvalue weighted by molar-refractivity contribution is 5.90. The van der Waals surface area contributed by atoms with Crippen molar-refractivity contribution in [2.75, 3.05) is 18.0 Å². The van der Waals surface area contributed by atoms with Gasteiger partial charge in [0.1, 0.15) is 17.9 Å². The summed E-state index contributed by atoms with van der Waals surface area (Å²) in [5.74, 6) is 1.98. The van der Waals surface area contributed by atoms with Crippen LogP contribution >= 0.6 is 0 Å².